The number of oxazole rings is 1. The van der Waals surface area contributed by atoms with Crippen molar-refractivity contribution in [2.75, 3.05) is 13.1 Å². The molecule has 0 amide bonds. The third-order valence-corrected chi connectivity index (χ3v) is 6.35. The number of aryl methyl sites for hydroxylation is 1. The number of hydrogen-bond acceptors (Lipinski definition) is 5. The van der Waals surface area contributed by atoms with Crippen LogP contribution in [0.3, 0.4) is 0 Å². The third-order valence-electron chi connectivity index (χ3n) is 6.35. The van der Waals surface area contributed by atoms with E-state index in [1.54, 1.807) is 30.7 Å². The second-order valence-electron chi connectivity index (χ2n) is 8.67. The van der Waals surface area contributed by atoms with Gasteiger partial charge < -0.3 is 13.7 Å². The molecular weight excluding hydrogens is 457 g/mol. The van der Waals surface area contributed by atoms with Crippen LogP contribution in [-0.4, -0.2) is 38.9 Å². The highest BCUT2D eigenvalue weighted by atomic mass is 19.4. The Morgan fingerprint density at radius 1 is 1.06 bits per heavy atom. The molecule has 0 spiro atoms. The van der Waals surface area contributed by atoms with Crippen molar-refractivity contribution in [1.29, 1.82) is 0 Å². The minimum Gasteiger partial charge on any atom is -0.441 e. The standard InChI is InChI=1S/C26H25F3N4O2/c1-18-23(31-25(34-18)20-6-8-21(9-7-20)33-15-12-30-17-33)16-32-13-10-19(11-14-32)22-4-2-3-5-24(22)35-26(27,28)29/h2-9,12,15,17,19H,10-11,13-14,16H2,1H3. The number of likely N-dealkylation sites (tertiary alicyclic amines) is 1. The summed E-state index contributed by atoms with van der Waals surface area (Å²) >= 11 is 0. The number of ether oxygens (including phenoxy) is 1. The lowest BCUT2D eigenvalue weighted by atomic mass is 9.88. The van der Waals surface area contributed by atoms with Crippen LogP contribution in [0.4, 0.5) is 13.2 Å². The number of nitrogens with zero attached hydrogens (tertiary/aromatic N) is 4. The zero-order valence-electron chi connectivity index (χ0n) is 19.2. The second-order valence-corrected chi connectivity index (χ2v) is 8.67. The summed E-state index contributed by atoms with van der Waals surface area (Å²) in [5.41, 5.74) is 3.38. The average Bonchev–Trinajstić information content (AvgIpc) is 3.50. The molecule has 1 fully saturated rings. The number of rotatable bonds is 6. The predicted octanol–water partition coefficient (Wildman–Crippen LogP) is 6.11. The molecule has 0 aliphatic carbocycles. The van der Waals surface area contributed by atoms with Crippen LogP contribution in [0.2, 0.25) is 0 Å². The van der Waals surface area contributed by atoms with E-state index in [1.807, 2.05) is 42.0 Å². The Morgan fingerprint density at radius 3 is 2.49 bits per heavy atom. The molecule has 9 heteroatoms. The van der Waals surface area contributed by atoms with Gasteiger partial charge in [0.25, 0.3) is 0 Å². The number of aromatic nitrogens is 3. The molecule has 1 aliphatic rings. The number of para-hydroxylation sites is 1. The first kappa shape index (κ1) is 23.2. The molecule has 1 saturated heterocycles. The first-order valence-corrected chi connectivity index (χ1v) is 11.5. The van der Waals surface area contributed by atoms with E-state index < -0.39 is 6.36 Å². The van der Waals surface area contributed by atoms with Crippen LogP contribution in [0.15, 0.2) is 71.7 Å². The van der Waals surface area contributed by atoms with Crippen molar-refractivity contribution in [3.8, 4) is 22.9 Å². The van der Waals surface area contributed by atoms with E-state index in [0.717, 1.165) is 48.6 Å². The molecule has 2 aromatic carbocycles. The van der Waals surface area contributed by atoms with Crippen LogP contribution in [0.25, 0.3) is 17.1 Å². The minimum atomic E-state index is -4.70. The molecule has 0 unspecified atom stereocenters. The highest BCUT2D eigenvalue weighted by Crippen LogP contribution is 2.37. The third kappa shape index (κ3) is 5.40. The number of hydrogen-bond donors (Lipinski definition) is 0. The minimum absolute atomic E-state index is 0.0211. The van der Waals surface area contributed by atoms with Gasteiger partial charge in [-0.2, -0.15) is 0 Å². The summed E-state index contributed by atoms with van der Waals surface area (Å²) in [6.07, 6.45) is 2.16. The smallest absolute Gasteiger partial charge is 0.441 e. The number of halogens is 3. The SMILES string of the molecule is Cc1oc(-c2ccc(-n3ccnc3)cc2)nc1CN1CCC(c2ccccc2OC(F)(F)F)CC1. The fourth-order valence-corrected chi connectivity index (χ4v) is 4.54. The van der Waals surface area contributed by atoms with Crippen LogP contribution in [0, 0.1) is 6.92 Å². The fourth-order valence-electron chi connectivity index (χ4n) is 4.54. The normalized spacial score (nSPS) is 15.4. The molecule has 0 N–H and O–H groups in total. The van der Waals surface area contributed by atoms with Crippen molar-refractivity contribution in [3.05, 3.63) is 84.3 Å². The quantitative estimate of drug-likeness (QED) is 0.332. The van der Waals surface area contributed by atoms with Crippen molar-refractivity contribution in [1.82, 2.24) is 19.4 Å². The Kier molecular flexibility index (Phi) is 6.34. The monoisotopic (exact) mass is 482 g/mol. The lowest BCUT2D eigenvalue weighted by Crippen LogP contribution is -2.33. The zero-order chi connectivity index (χ0) is 24.4. The average molecular weight is 483 g/mol. The van der Waals surface area contributed by atoms with E-state index in [2.05, 4.69) is 14.6 Å². The number of imidazole rings is 1. The molecule has 4 aromatic rings. The van der Waals surface area contributed by atoms with E-state index in [1.165, 1.54) is 6.07 Å². The van der Waals surface area contributed by atoms with Crippen LogP contribution in [0.5, 0.6) is 5.75 Å². The molecule has 0 atom stereocenters. The summed E-state index contributed by atoms with van der Waals surface area (Å²) in [4.78, 5) is 11.1. The van der Waals surface area contributed by atoms with Crippen LogP contribution in [-0.2, 0) is 6.54 Å². The van der Waals surface area contributed by atoms with Crippen molar-refractivity contribution >= 4 is 0 Å². The molecule has 0 radical (unpaired) electrons. The molecule has 35 heavy (non-hydrogen) atoms. The maximum atomic E-state index is 12.8. The number of alkyl halides is 3. The van der Waals surface area contributed by atoms with Gasteiger partial charge in [0.05, 0.1) is 12.0 Å². The van der Waals surface area contributed by atoms with Crippen molar-refractivity contribution in [2.24, 2.45) is 0 Å². The molecule has 182 valence electrons. The van der Waals surface area contributed by atoms with Crippen molar-refractivity contribution < 1.29 is 22.3 Å². The summed E-state index contributed by atoms with van der Waals surface area (Å²) in [6.45, 7) is 4.05. The fraction of sp³-hybridized carbons (Fsp3) is 0.308. The van der Waals surface area contributed by atoms with Gasteiger partial charge >= 0.3 is 6.36 Å². The predicted molar refractivity (Wildman–Crippen MR) is 124 cm³/mol. The second kappa shape index (κ2) is 9.58. The van der Waals surface area contributed by atoms with Crippen molar-refractivity contribution in [3.63, 3.8) is 0 Å². The van der Waals surface area contributed by atoms with E-state index >= 15 is 0 Å². The molecular formula is C26H25F3N4O2. The molecule has 3 heterocycles. The first-order chi connectivity index (χ1) is 16.9. The van der Waals surface area contributed by atoms with Crippen molar-refractivity contribution in [2.45, 2.75) is 38.6 Å². The molecule has 5 rings (SSSR count). The Bertz CT molecular complexity index is 1260. The largest absolute Gasteiger partial charge is 0.573 e. The summed E-state index contributed by atoms with van der Waals surface area (Å²) in [5.74, 6) is 1.26. The van der Waals surface area contributed by atoms with Gasteiger partial charge in [-0.3, -0.25) is 4.90 Å². The lowest BCUT2D eigenvalue weighted by Gasteiger charge is -2.32. The van der Waals surface area contributed by atoms with E-state index in [-0.39, 0.29) is 11.7 Å². The maximum absolute atomic E-state index is 12.8. The molecule has 0 saturated carbocycles. The van der Waals surface area contributed by atoms with E-state index in [9.17, 15) is 13.2 Å². The summed E-state index contributed by atoms with van der Waals surface area (Å²) in [5, 5.41) is 0. The molecule has 2 aromatic heterocycles. The van der Waals surface area contributed by atoms with Gasteiger partial charge in [-0.25, -0.2) is 9.97 Å². The Morgan fingerprint density at radius 2 is 1.80 bits per heavy atom. The maximum Gasteiger partial charge on any atom is 0.573 e. The summed E-state index contributed by atoms with van der Waals surface area (Å²) in [7, 11) is 0. The Balaban J connectivity index is 1.22. The molecule has 1 aliphatic heterocycles. The van der Waals surface area contributed by atoms with E-state index in [0.29, 0.717) is 18.0 Å². The van der Waals surface area contributed by atoms with Gasteiger partial charge in [0.15, 0.2) is 0 Å². The van der Waals surface area contributed by atoms with Gasteiger partial charge in [0, 0.05) is 30.2 Å². The first-order valence-electron chi connectivity index (χ1n) is 11.5. The van der Waals surface area contributed by atoms with Gasteiger partial charge in [-0.05, 0) is 74.7 Å². The van der Waals surface area contributed by atoms with Gasteiger partial charge in [0.2, 0.25) is 5.89 Å². The molecule has 0 bridgehead atoms. The lowest BCUT2D eigenvalue weighted by molar-refractivity contribution is -0.275. The Labute approximate surface area is 201 Å². The zero-order valence-corrected chi connectivity index (χ0v) is 19.2. The Hall–Kier alpha value is -3.59. The number of piperidine rings is 1. The highest BCUT2D eigenvalue weighted by Gasteiger charge is 2.33. The van der Waals surface area contributed by atoms with E-state index in [4.69, 9.17) is 9.40 Å². The summed E-state index contributed by atoms with van der Waals surface area (Å²) in [6, 6.07) is 14.4. The van der Waals surface area contributed by atoms with Crippen LogP contribution < -0.4 is 4.74 Å². The van der Waals surface area contributed by atoms with Crippen LogP contribution in [0.1, 0.15) is 35.8 Å². The number of benzene rings is 2. The summed E-state index contributed by atoms with van der Waals surface area (Å²) < 4.78 is 50.5. The van der Waals surface area contributed by atoms with Gasteiger partial charge in [-0.1, -0.05) is 18.2 Å². The molecule has 6 nitrogen and oxygen atoms in total. The topological polar surface area (TPSA) is 56.3 Å². The van der Waals surface area contributed by atoms with Gasteiger partial charge in [0.1, 0.15) is 11.5 Å². The van der Waals surface area contributed by atoms with Crippen LogP contribution >= 0.6 is 0 Å². The van der Waals surface area contributed by atoms with Gasteiger partial charge in [-0.15, -0.1) is 13.2 Å². The highest BCUT2D eigenvalue weighted by molar-refractivity contribution is 5.56.